The minimum absolute atomic E-state index is 0.0694. The Morgan fingerprint density at radius 3 is 2.24 bits per heavy atom. The smallest absolute Gasteiger partial charge is 0.471 e. The number of hydrogen-bond acceptors (Lipinski definition) is 2. The van der Waals surface area contributed by atoms with E-state index in [0.29, 0.717) is 4.90 Å². The molecule has 0 bridgehead atoms. The first-order valence-electron chi connectivity index (χ1n) is 5.27. The third kappa shape index (κ3) is 2.70. The number of alkyl halides is 3. The monoisotopic (exact) mass is 253 g/mol. The number of carbonyl (C=O) groups excluding carboxylic acids is 1. The van der Waals surface area contributed by atoms with Crippen molar-refractivity contribution in [3.05, 3.63) is 0 Å². The summed E-state index contributed by atoms with van der Waals surface area (Å²) >= 11 is 0. The maximum atomic E-state index is 12.3. The van der Waals surface area contributed by atoms with Crippen LogP contribution in [0.5, 0.6) is 0 Å². The van der Waals surface area contributed by atoms with Crippen molar-refractivity contribution < 1.29 is 27.9 Å². The molecule has 1 fully saturated rings. The van der Waals surface area contributed by atoms with Gasteiger partial charge in [0, 0.05) is 12.6 Å². The van der Waals surface area contributed by atoms with E-state index >= 15 is 0 Å². The number of carboxylic acids is 1. The fraction of sp³-hybridized carbons (Fsp3) is 0.800. The quantitative estimate of drug-likeness (QED) is 0.811. The van der Waals surface area contributed by atoms with E-state index < -0.39 is 30.0 Å². The zero-order valence-electron chi connectivity index (χ0n) is 9.49. The molecule has 1 aliphatic rings. The number of hydrogen-bond donors (Lipinski definition) is 1. The Hall–Kier alpha value is -1.27. The Bertz CT molecular complexity index is 327. The fourth-order valence-corrected chi connectivity index (χ4v) is 2.31. The van der Waals surface area contributed by atoms with Gasteiger partial charge in [-0.05, 0) is 12.3 Å². The molecule has 0 aliphatic carbocycles. The Kier molecular flexibility index (Phi) is 3.68. The van der Waals surface area contributed by atoms with E-state index in [0.717, 1.165) is 0 Å². The zero-order valence-corrected chi connectivity index (χ0v) is 9.49. The molecular weight excluding hydrogens is 239 g/mol. The van der Waals surface area contributed by atoms with E-state index in [1.165, 1.54) is 0 Å². The van der Waals surface area contributed by atoms with Gasteiger partial charge in [-0.25, -0.2) is 0 Å². The summed E-state index contributed by atoms with van der Waals surface area (Å²) in [5, 5.41) is 8.92. The van der Waals surface area contributed by atoms with Crippen molar-refractivity contribution in [2.75, 3.05) is 6.54 Å². The number of nitrogens with zero attached hydrogens (tertiary/aromatic N) is 1. The number of carboxylic acid groups (broad SMARTS) is 1. The van der Waals surface area contributed by atoms with Crippen molar-refractivity contribution in [2.24, 2.45) is 11.8 Å². The van der Waals surface area contributed by atoms with Crippen LogP contribution >= 0.6 is 0 Å². The summed E-state index contributed by atoms with van der Waals surface area (Å²) in [6, 6.07) is -0.887. The molecule has 0 aromatic rings. The highest BCUT2D eigenvalue weighted by Gasteiger charge is 2.50. The maximum absolute atomic E-state index is 12.3. The molecule has 17 heavy (non-hydrogen) atoms. The van der Waals surface area contributed by atoms with Crippen molar-refractivity contribution in [2.45, 2.75) is 32.5 Å². The minimum Gasteiger partial charge on any atom is -0.481 e. The van der Waals surface area contributed by atoms with Crippen LogP contribution in [0.1, 0.15) is 20.3 Å². The van der Waals surface area contributed by atoms with Gasteiger partial charge in [-0.2, -0.15) is 13.2 Å². The molecule has 0 aromatic heterocycles. The molecule has 1 N–H and O–H groups in total. The van der Waals surface area contributed by atoms with Gasteiger partial charge in [0.1, 0.15) is 0 Å². The van der Waals surface area contributed by atoms with E-state index in [1.54, 1.807) is 13.8 Å². The molecule has 1 rings (SSSR count). The lowest BCUT2D eigenvalue weighted by Gasteiger charge is -2.30. The number of halogens is 3. The van der Waals surface area contributed by atoms with Gasteiger partial charge >= 0.3 is 18.1 Å². The van der Waals surface area contributed by atoms with Crippen LogP contribution in [-0.2, 0) is 9.59 Å². The predicted octanol–water partition coefficient (Wildman–Crippen LogP) is 1.51. The van der Waals surface area contributed by atoms with Crippen LogP contribution in [-0.4, -0.2) is 40.6 Å². The molecule has 1 heterocycles. The summed E-state index contributed by atoms with van der Waals surface area (Å²) in [4.78, 5) is 22.7. The van der Waals surface area contributed by atoms with Crippen molar-refractivity contribution in [1.29, 1.82) is 0 Å². The molecular formula is C10H14F3NO3. The highest BCUT2D eigenvalue weighted by atomic mass is 19.4. The van der Waals surface area contributed by atoms with Crippen LogP contribution in [0.4, 0.5) is 13.2 Å². The molecule has 1 amide bonds. The van der Waals surface area contributed by atoms with Gasteiger partial charge < -0.3 is 10.0 Å². The molecule has 0 unspecified atom stereocenters. The highest BCUT2D eigenvalue weighted by molar-refractivity contribution is 5.84. The van der Waals surface area contributed by atoms with E-state index in [-0.39, 0.29) is 18.9 Å². The normalized spacial score (nSPS) is 25.4. The standard InChI is InChI=1S/C10H14F3NO3/c1-5(2)7-6(8(15)16)3-4-14(7)9(17)10(11,12)13/h5-7H,3-4H2,1-2H3,(H,15,16)/t6-,7-/m0/s1. The average molecular weight is 253 g/mol. The fourth-order valence-electron chi connectivity index (χ4n) is 2.31. The molecule has 2 atom stereocenters. The van der Waals surface area contributed by atoms with Gasteiger partial charge in [0.15, 0.2) is 0 Å². The molecule has 7 heteroatoms. The first kappa shape index (κ1) is 13.8. The van der Waals surface area contributed by atoms with E-state index in [9.17, 15) is 22.8 Å². The topological polar surface area (TPSA) is 57.6 Å². The van der Waals surface area contributed by atoms with Crippen molar-refractivity contribution in [1.82, 2.24) is 4.90 Å². The van der Waals surface area contributed by atoms with Crippen LogP contribution in [0.25, 0.3) is 0 Å². The van der Waals surface area contributed by atoms with E-state index in [1.807, 2.05) is 0 Å². The number of amides is 1. The van der Waals surface area contributed by atoms with Crippen molar-refractivity contribution in [3.8, 4) is 0 Å². The van der Waals surface area contributed by atoms with Crippen LogP contribution in [0.3, 0.4) is 0 Å². The Morgan fingerprint density at radius 2 is 1.88 bits per heavy atom. The zero-order chi connectivity index (χ0) is 13.4. The van der Waals surface area contributed by atoms with Gasteiger partial charge in [0.25, 0.3) is 0 Å². The molecule has 0 radical (unpaired) electrons. The average Bonchev–Trinajstić information content (AvgIpc) is 2.58. The summed E-state index contributed by atoms with van der Waals surface area (Å²) in [6.45, 7) is 3.07. The maximum Gasteiger partial charge on any atom is 0.471 e. The first-order chi connectivity index (χ1) is 7.66. The van der Waals surface area contributed by atoms with Crippen molar-refractivity contribution in [3.63, 3.8) is 0 Å². The summed E-state index contributed by atoms with van der Waals surface area (Å²) in [7, 11) is 0. The lowest BCUT2D eigenvalue weighted by Crippen LogP contribution is -2.48. The molecule has 0 spiro atoms. The molecule has 98 valence electrons. The van der Waals surface area contributed by atoms with Crippen LogP contribution < -0.4 is 0 Å². The van der Waals surface area contributed by atoms with Gasteiger partial charge in [-0.3, -0.25) is 9.59 Å². The minimum atomic E-state index is -4.94. The molecule has 1 saturated heterocycles. The summed E-state index contributed by atoms with van der Waals surface area (Å²) in [5.74, 6) is -4.34. The van der Waals surface area contributed by atoms with E-state index in [4.69, 9.17) is 5.11 Å². The second kappa shape index (κ2) is 4.54. The number of rotatable bonds is 2. The SMILES string of the molecule is CC(C)[C@H]1[C@@H](C(=O)O)CCN1C(=O)C(F)(F)F. The Balaban J connectivity index is 2.95. The molecule has 4 nitrogen and oxygen atoms in total. The highest BCUT2D eigenvalue weighted by Crippen LogP contribution is 2.33. The van der Waals surface area contributed by atoms with Crippen molar-refractivity contribution >= 4 is 11.9 Å². The van der Waals surface area contributed by atoms with Gasteiger partial charge in [0.2, 0.25) is 0 Å². The third-order valence-corrected chi connectivity index (χ3v) is 2.96. The van der Waals surface area contributed by atoms with E-state index in [2.05, 4.69) is 0 Å². The Labute approximate surface area is 96.4 Å². The molecule has 0 saturated carbocycles. The van der Waals surface area contributed by atoms with Crippen LogP contribution in [0.2, 0.25) is 0 Å². The number of aliphatic carboxylic acids is 1. The lowest BCUT2D eigenvalue weighted by atomic mass is 9.91. The second-order valence-corrected chi connectivity index (χ2v) is 4.46. The van der Waals surface area contributed by atoms with Crippen LogP contribution in [0, 0.1) is 11.8 Å². The number of carbonyl (C=O) groups is 2. The summed E-state index contributed by atoms with van der Waals surface area (Å²) in [6.07, 6.45) is -4.87. The summed E-state index contributed by atoms with van der Waals surface area (Å²) < 4.78 is 37.0. The molecule has 1 aliphatic heterocycles. The largest absolute Gasteiger partial charge is 0.481 e. The predicted molar refractivity (Wildman–Crippen MR) is 52.1 cm³/mol. The summed E-state index contributed by atoms with van der Waals surface area (Å²) in [5.41, 5.74) is 0. The van der Waals surface area contributed by atoms with Crippen LogP contribution in [0.15, 0.2) is 0 Å². The first-order valence-corrected chi connectivity index (χ1v) is 5.27. The molecule has 0 aromatic carbocycles. The third-order valence-electron chi connectivity index (χ3n) is 2.96. The van der Waals surface area contributed by atoms with Gasteiger partial charge in [-0.15, -0.1) is 0 Å². The Morgan fingerprint density at radius 1 is 1.35 bits per heavy atom. The van der Waals surface area contributed by atoms with Gasteiger partial charge in [-0.1, -0.05) is 13.8 Å². The van der Waals surface area contributed by atoms with Gasteiger partial charge in [0.05, 0.1) is 5.92 Å². The number of likely N-dealkylation sites (tertiary alicyclic amines) is 1. The lowest BCUT2D eigenvalue weighted by molar-refractivity contribution is -0.187. The second-order valence-electron chi connectivity index (χ2n) is 4.46.